The second-order valence-electron chi connectivity index (χ2n) is 6.19. The average molecular weight is 432 g/mol. The zero-order valence-corrected chi connectivity index (χ0v) is 16.5. The second-order valence-corrected chi connectivity index (χ2v) is 6.19. The van der Waals surface area contributed by atoms with Crippen molar-refractivity contribution in [1.82, 2.24) is 5.32 Å². The van der Waals surface area contributed by atoms with E-state index in [1.54, 1.807) is 6.92 Å². The molecule has 0 radical (unpaired) electrons. The number of carbonyl (C=O) groups is 4. The maximum atomic E-state index is 12.8. The molecule has 2 amide bonds. The van der Waals surface area contributed by atoms with E-state index >= 15 is 0 Å². The van der Waals surface area contributed by atoms with E-state index in [1.807, 2.05) is 0 Å². The Bertz CT molecular complexity index is 782. The molecule has 8 nitrogen and oxygen atoms in total. The number of benzene rings is 1. The molecule has 0 unspecified atom stereocenters. The maximum Gasteiger partial charge on any atom is 0.416 e. The normalized spacial score (nSPS) is 13.1. The van der Waals surface area contributed by atoms with Gasteiger partial charge in [0.25, 0.3) is 0 Å². The van der Waals surface area contributed by atoms with Crippen LogP contribution in [-0.2, 0) is 41.2 Å². The third-order valence-electron chi connectivity index (χ3n) is 3.93. The van der Waals surface area contributed by atoms with E-state index in [0.717, 1.165) is 18.2 Å². The van der Waals surface area contributed by atoms with Crippen LogP contribution in [0, 0.1) is 5.92 Å². The van der Waals surface area contributed by atoms with Crippen molar-refractivity contribution < 1.29 is 41.8 Å². The van der Waals surface area contributed by atoms with E-state index in [2.05, 4.69) is 5.32 Å². The highest BCUT2D eigenvalue weighted by Gasteiger charge is 2.37. The standard InChI is InChI=1S/C19H23F3N2O6/c1-3-29-15(26)10-13(18(28)30-4-2)16(17(23)27)24-14(25)9-11-6-5-7-12(8-11)19(20,21)22/h5-8,13,16H,3-4,9-10H2,1-2H3,(H2,23,27)(H,24,25)/t13-,16+/m0/s1. The van der Waals surface area contributed by atoms with Gasteiger partial charge >= 0.3 is 18.1 Å². The Morgan fingerprint density at radius 1 is 1.10 bits per heavy atom. The fraction of sp³-hybridized carbons (Fsp3) is 0.474. The first-order chi connectivity index (χ1) is 14.0. The number of esters is 2. The molecule has 0 aliphatic heterocycles. The van der Waals surface area contributed by atoms with Gasteiger partial charge < -0.3 is 20.5 Å². The summed E-state index contributed by atoms with van der Waals surface area (Å²) in [6.07, 6.45) is -5.68. The molecular formula is C19H23F3N2O6. The molecular weight excluding hydrogens is 409 g/mol. The molecule has 3 N–H and O–H groups in total. The molecule has 0 aliphatic carbocycles. The predicted octanol–water partition coefficient (Wildman–Crippen LogP) is 1.35. The molecule has 0 aromatic heterocycles. The summed E-state index contributed by atoms with van der Waals surface area (Å²) in [4.78, 5) is 48.2. The van der Waals surface area contributed by atoms with Crippen LogP contribution in [0.1, 0.15) is 31.4 Å². The molecule has 166 valence electrons. The van der Waals surface area contributed by atoms with E-state index in [9.17, 15) is 32.3 Å². The molecule has 1 aromatic rings. The number of rotatable bonds is 10. The Hall–Kier alpha value is -3.11. The molecule has 0 aliphatic rings. The predicted molar refractivity (Wildman–Crippen MR) is 97.6 cm³/mol. The largest absolute Gasteiger partial charge is 0.466 e. The first kappa shape index (κ1) is 24.9. The zero-order chi connectivity index (χ0) is 22.9. The lowest BCUT2D eigenvalue weighted by Gasteiger charge is -2.23. The zero-order valence-electron chi connectivity index (χ0n) is 16.5. The highest BCUT2D eigenvalue weighted by molar-refractivity contribution is 5.93. The molecule has 1 rings (SSSR count). The summed E-state index contributed by atoms with van der Waals surface area (Å²) >= 11 is 0. The van der Waals surface area contributed by atoms with Crippen LogP contribution >= 0.6 is 0 Å². The fourth-order valence-electron chi connectivity index (χ4n) is 2.62. The van der Waals surface area contributed by atoms with E-state index in [0.29, 0.717) is 0 Å². The Labute approximate surface area is 170 Å². The minimum absolute atomic E-state index is 0.0253. The lowest BCUT2D eigenvalue weighted by molar-refractivity contribution is -0.157. The molecule has 11 heteroatoms. The summed E-state index contributed by atoms with van der Waals surface area (Å²) < 4.78 is 48.0. The van der Waals surface area contributed by atoms with Crippen LogP contribution in [0.15, 0.2) is 24.3 Å². The third-order valence-corrected chi connectivity index (χ3v) is 3.93. The Balaban J connectivity index is 3.01. The second kappa shape index (κ2) is 11.2. The van der Waals surface area contributed by atoms with Gasteiger partial charge in [-0.05, 0) is 25.5 Å². The molecule has 0 fully saturated rings. The summed E-state index contributed by atoms with van der Waals surface area (Å²) in [5.41, 5.74) is 4.37. The summed E-state index contributed by atoms with van der Waals surface area (Å²) in [6.45, 7) is 3.02. The molecule has 30 heavy (non-hydrogen) atoms. The molecule has 0 heterocycles. The minimum Gasteiger partial charge on any atom is -0.466 e. The number of alkyl halides is 3. The number of nitrogens with one attached hydrogen (secondary N) is 1. The van der Waals surface area contributed by atoms with Gasteiger partial charge in [0.05, 0.1) is 37.5 Å². The molecule has 0 bridgehead atoms. The van der Waals surface area contributed by atoms with Crippen LogP contribution in [0.2, 0.25) is 0 Å². The number of carbonyl (C=O) groups excluding carboxylic acids is 4. The van der Waals surface area contributed by atoms with Crippen molar-refractivity contribution in [2.45, 2.75) is 38.9 Å². The summed E-state index contributed by atoms with van der Waals surface area (Å²) in [7, 11) is 0. The van der Waals surface area contributed by atoms with Crippen molar-refractivity contribution >= 4 is 23.8 Å². The number of primary amides is 1. The van der Waals surface area contributed by atoms with Gasteiger partial charge in [0, 0.05) is 0 Å². The summed E-state index contributed by atoms with van der Waals surface area (Å²) in [5.74, 6) is -5.19. The van der Waals surface area contributed by atoms with Gasteiger partial charge in [-0.25, -0.2) is 0 Å². The number of nitrogens with two attached hydrogens (primary N) is 1. The highest BCUT2D eigenvalue weighted by Crippen LogP contribution is 2.29. The highest BCUT2D eigenvalue weighted by atomic mass is 19.4. The number of ether oxygens (including phenoxy) is 2. The van der Waals surface area contributed by atoms with Gasteiger partial charge in [-0.1, -0.05) is 18.2 Å². The van der Waals surface area contributed by atoms with Crippen molar-refractivity contribution in [2.75, 3.05) is 13.2 Å². The minimum atomic E-state index is -4.59. The van der Waals surface area contributed by atoms with Crippen LogP contribution in [0.3, 0.4) is 0 Å². The van der Waals surface area contributed by atoms with Crippen molar-refractivity contribution in [3.05, 3.63) is 35.4 Å². The number of hydrogen-bond acceptors (Lipinski definition) is 6. The monoisotopic (exact) mass is 432 g/mol. The Morgan fingerprint density at radius 2 is 1.73 bits per heavy atom. The Morgan fingerprint density at radius 3 is 2.27 bits per heavy atom. The van der Waals surface area contributed by atoms with Gasteiger partial charge in [0.2, 0.25) is 11.8 Å². The fourth-order valence-corrected chi connectivity index (χ4v) is 2.62. The summed E-state index contributed by atoms with van der Waals surface area (Å²) in [5, 5.41) is 2.21. The molecule has 0 saturated heterocycles. The van der Waals surface area contributed by atoms with E-state index < -0.39 is 60.3 Å². The van der Waals surface area contributed by atoms with Gasteiger partial charge in [-0.3, -0.25) is 19.2 Å². The maximum absolute atomic E-state index is 12.8. The lowest BCUT2D eigenvalue weighted by Crippen LogP contribution is -2.52. The van der Waals surface area contributed by atoms with Crippen LogP contribution in [0.4, 0.5) is 13.2 Å². The molecule has 0 spiro atoms. The molecule has 0 saturated carbocycles. The van der Waals surface area contributed by atoms with Gasteiger partial charge in [0.1, 0.15) is 6.04 Å². The van der Waals surface area contributed by atoms with Crippen LogP contribution in [-0.4, -0.2) is 43.0 Å². The SMILES string of the molecule is CCOC(=O)C[C@H](C(=O)OCC)[C@@H](NC(=O)Cc1cccc(C(F)(F)F)c1)C(N)=O. The topological polar surface area (TPSA) is 125 Å². The lowest BCUT2D eigenvalue weighted by atomic mass is 9.95. The van der Waals surface area contributed by atoms with Crippen molar-refractivity contribution in [2.24, 2.45) is 11.7 Å². The van der Waals surface area contributed by atoms with E-state index in [-0.39, 0.29) is 18.8 Å². The van der Waals surface area contributed by atoms with Gasteiger partial charge in [-0.2, -0.15) is 13.2 Å². The number of hydrogen-bond donors (Lipinski definition) is 2. The van der Waals surface area contributed by atoms with Crippen LogP contribution in [0.25, 0.3) is 0 Å². The third kappa shape index (κ3) is 7.72. The molecule has 1 aromatic carbocycles. The van der Waals surface area contributed by atoms with Crippen LogP contribution < -0.4 is 11.1 Å². The quantitative estimate of drug-likeness (QED) is 0.538. The van der Waals surface area contributed by atoms with E-state index in [4.69, 9.17) is 15.2 Å². The van der Waals surface area contributed by atoms with Gasteiger partial charge in [0.15, 0.2) is 0 Å². The summed E-state index contributed by atoms with van der Waals surface area (Å²) in [6, 6.07) is 2.46. The number of halogens is 3. The van der Waals surface area contributed by atoms with Crippen molar-refractivity contribution in [3.8, 4) is 0 Å². The van der Waals surface area contributed by atoms with Crippen LogP contribution in [0.5, 0.6) is 0 Å². The Kier molecular flexibility index (Phi) is 9.28. The van der Waals surface area contributed by atoms with Gasteiger partial charge in [-0.15, -0.1) is 0 Å². The van der Waals surface area contributed by atoms with Crippen molar-refractivity contribution in [1.29, 1.82) is 0 Å². The van der Waals surface area contributed by atoms with E-state index in [1.165, 1.54) is 13.0 Å². The first-order valence-corrected chi connectivity index (χ1v) is 9.06. The average Bonchev–Trinajstić information content (AvgIpc) is 2.64. The smallest absolute Gasteiger partial charge is 0.416 e. The molecule has 2 atom stereocenters. The van der Waals surface area contributed by atoms with Crippen molar-refractivity contribution in [3.63, 3.8) is 0 Å². The number of amides is 2. The first-order valence-electron chi connectivity index (χ1n) is 9.06.